The third-order valence-electron chi connectivity index (χ3n) is 6.50. The van der Waals surface area contributed by atoms with Crippen molar-refractivity contribution in [2.45, 2.75) is 75.6 Å². The van der Waals surface area contributed by atoms with E-state index in [-0.39, 0.29) is 18.0 Å². The summed E-state index contributed by atoms with van der Waals surface area (Å²) in [6, 6.07) is 10.5. The largest absolute Gasteiger partial charge is 0.388 e. The molecule has 1 aromatic carbocycles. The van der Waals surface area contributed by atoms with Gasteiger partial charge >= 0.3 is 0 Å². The molecule has 1 aliphatic carbocycles. The van der Waals surface area contributed by atoms with Gasteiger partial charge < -0.3 is 15.3 Å². The highest BCUT2D eigenvalue weighted by atomic mass is 16.3. The van der Waals surface area contributed by atoms with E-state index in [1.807, 2.05) is 30.3 Å². The zero-order chi connectivity index (χ0) is 17.2. The second-order valence-electron chi connectivity index (χ2n) is 8.10. The lowest BCUT2D eigenvalue weighted by Gasteiger charge is -2.29. The van der Waals surface area contributed by atoms with Crippen LogP contribution in [0.4, 0.5) is 0 Å². The molecule has 1 amide bonds. The zero-order valence-electron chi connectivity index (χ0n) is 14.9. The highest BCUT2D eigenvalue weighted by Gasteiger charge is 2.42. The number of hydrogen-bond donors (Lipinski definition) is 2. The molecule has 2 aliphatic heterocycles. The Morgan fingerprint density at radius 3 is 2.76 bits per heavy atom. The highest BCUT2D eigenvalue weighted by molar-refractivity contribution is 5.83. The number of likely N-dealkylation sites (tertiary alicyclic amines) is 1. The van der Waals surface area contributed by atoms with Gasteiger partial charge in [0.2, 0.25) is 5.91 Å². The number of carbonyl (C=O) groups is 1. The number of hydrogen-bond acceptors (Lipinski definition) is 3. The molecule has 5 unspecified atom stereocenters. The van der Waals surface area contributed by atoms with Gasteiger partial charge in [0.25, 0.3) is 0 Å². The summed E-state index contributed by atoms with van der Waals surface area (Å²) in [5, 5.41) is 14.2. The molecular formula is C21H30N2O2. The molecule has 1 aromatic rings. The number of benzene rings is 1. The van der Waals surface area contributed by atoms with Crippen LogP contribution >= 0.6 is 0 Å². The Balaban J connectivity index is 1.38. The highest BCUT2D eigenvalue weighted by Crippen LogP contribution is 2.35. The lowest BCUT2D eigenvalue weighted by molar-refractivity contribution is -0.134. The minimum atomic E-state index is -0.487. The topological polar surface area (TPSA) is 52.6 Å². The Hall–Kier alpha value is -1.39. The average molecular weight is 342 g/mol. The molecule has 3 aliphatic rings. The van der Waals surface area contributed by atoms with Crippen LogP contribution in [0.25, 0.3) is 0 Å². The Morgan fingerprint density at radius 2 is 1.96 bits per heavy atom. The van der Waals surface area contributed by atoms with E-state index in [4.69, 9.17) is 0 Å². The summed E-state index contributed by atoms with van der Waals surface area (Å²) in [4.78, 5) is 15.2. The van der Waals surface area contributed by atoms with E-state index in [2.05, 4.69) is 10.2 Å². The molecule has 0 bridgehead atoms. The van der Waals surface area contributed by atoms with Crippen molar-refractivity contribution in [1.29, 1.82) is 0 Å². The van der Waals surface area contributed by atoms with Crippen molar-refractivity contribution in [1.82, 2.24) is 10.2 Å². The summed E-state index contributed by atoms with van der Waals surface area (Å²) >= 11 is 0. The van der Waals surface area contributed by atoms with Crippen molar-refractivity contribution in [2.75, 3.05) is 6.54 Å². The van der Waals surface area contributed by atoms with E-state index in [0.29, 0.717) is 18.4 Å². The molecular weight excluding hydrogens is 312 g/mol. The fraction of sp³-hybridized carbons (Fsp3) is 0.667. The summed E-state index contributed by atoms with van der Waals surface area (Å²) in [5.74, 6) is 0.968. The Bertz CT molecular complexity index is 577. The first-order valence-corrected chi connectivity index (χ1v) is 10.0. The molecule has 0 spiro atoms. The Kier molecular flexibility index (Phi) is 5.09. The van der Waals surface area contributed by atoms with E-state index < -0.39 is 6.10 Å². The van der Waals surface area contributed by atoms with E-state index in [1.165, 1.54) is 25.7 Å². The molecule has 2 heterocycles. The van der Waals surface area contributed by atoms with Crippen LogP contribution in [0.5, 0.6) is 0 Å². The minimum Gasteiger partial charge on any atom is -0.388 e. The van der Waals surface area contributed by atoms with Crippen LogP contribution in [0.3, 0.4) is 0 Å². The Morgan fingerprint density at radius 1 is 1.16 bits per heavy atom. The predicted molar refractivity (Wildman–Crippen MR) is 98.0 cm³/mol. The summed E-state index contributed by atoms with van der Waals surface area (Å²) in [6.45, 7) is 0.846. The van der Waals surface area contributed by atoms with Gasteiger partial charge in [0.15, 0.2) is 0 Å². The number of amides is 1. The molecule has 3 fully saturated rings. The molecule has 1 saturated carbocycles. The zero-order valence-corrected chi connectivity index (χ0v) is 14.9. The van der Waals surface area contributed by atoms with Crippen molar-refractivity contribution in [3.05, 3.63) is 35.9 Å². The number of nitrogens with one attached hydrogen (secondary N) is 1. The number of carbonyl (C=O) groups excluding carboxylic acids is 1. The van der Waals surface area contributed by atoms with Gasteiger partial charge in [0.05, 0.1) is 12.1 Å². The van der Waals surface area contributed by atoms with Crippen molar-refractivity contribution in [3.63, 3.8) is 0 Å². The fourth-order valence-electron chi connectivity index (χ4n) is 5.15. The van der Waals surface area contributed by atoms with Gasteiger partial charge in [-0.3, -0.25) is 4.79 Å². The molecule has 2 saturated heterocycles. The maximum Gasteiger partial charge on any atom is 0.239 e. The third-order valence-corrected chi connectivity index (χ3v) is 6.50. The molecule has 4 rings (SSSR count). The summed E-state index contributed by atoms with van der Waals surface area (Å²) in [6.07, 6.45) is 8.35. The standard InChI is InChI=1S/C21H30N2O2/c24-20(15-7-2-1-3-8-15)14-17-10-6-12-23(17)21(25)19-13-16-9-4-5-11-18(16)22-19/h1-3,7-8,16-20,22,24H,4-6,9-14H2. The van der Waals surface area contributed by atoms with Crippen LogP contribution in [-0.2, 0) is 4.79 Å². The van der Waals surface area contributed by atoms with E-state index in [0.717, 1.165) is 31.4 Å². The van der Waals surface area contributed by atoms with Gasteiger partial charge in [-0.1, -0.05) is 43.2 Å². The monoisotopic (exact) mass is 342 g/mol. The first-order chi connectivity index (χ1) is 12.2. The van der Waals surface area contributed by atoms with Crippen LogP contribution in [0.15, 0.2) is 30.3 Å². The molecule has 4 heteroatoms. The summed E-state index contributed by atoms with van der Waals surface area (Å²) in [7, 11) is 0. The van der Waals surface area contributed by atoms with Crippen molar-refractivity contribution in [3.8, 4) is 0 Å². The fourth-order valence-corrected chi connectivity index (χ4v) is 5.15. The van der Waals surface area contributed by atoms with Gasteiger partial charge in [-0.2, -0.15) is 0 Å². The van der Waals surface area contributed by atoms with Gasteiger partial charge in [-0.15, -0.1) is 0 Å². The quantitative estimate of drug-likeness (QED) is 0.884. The van der Waals surface area contributed by atoms with E-state index in [1.54, 1.807) is 0 Å². The second-order valence-corrected chi connectivity index (χ2v) is 8.10. The number of rotatable bonds is 4. The number of nitrogens with zero attached hydrogens (tertiary/aromatic N) is 1. The van der Waals surface area contributed by atoms with Crippen LogP contribution in [-0.4, -0.2) is 40.6 Å². The van der Waals surface area contributed by atoms with Crippen molar-refractivity contribution < 1.29 is 9.90 Å². The summed E-state index contributed by atoms with van der Waals surface area (Å²) < 4.78 is 0. The molecule has 136 valence electrons. The van der Waals surface area contributed by atoms with E-state index >= 15 is 0 Å². The SMILES string of the molecule is O=C(C1CC2CCCCC2N1)N1CCCC1CC(O)c1ccccc1. The number of aliphatic hydroxyl groups is 1. The van der Waals surface area contributed by atoms with Crippen LogP contribution in [0.1, 0.15) is 63.0 Å². The minimum absolute atomic E-state index is 0.00238. The van der Waals surface area contributed by atoms with Gasteiger partial charge in [0.1, 0.15) is 0 Å². The van der Waals surface area contributed by atoms with Gasteiger partial charge in [-0.05, 0) is 50.0 Å². The predicted octanol–water partition coefficient (Wildman–Crippen LogP) is 3.02. The van der Waals surface area contributed by atoms with Gasteiger partial charge in [-0.25, -0.2) is 0 Å². The molecule has 0 radical (unpaired) electrons. The number of aliphatic hydroxyl groups excluding tert-OH is 1. The van der Waals surface area contributed by atoms with Crippen LogP contribution < -0.4 is 5.32 Å². The van der Waals surface area contributed by atoms with Crippen molar-refractivity contribution >= 4 is 5.91 Å². The molecule has 4 nitrogen and oxygen atoms in total. The maximum atomic E-state index is 13.1. The smallest absolute Gasteiger partial charge is 0.239 e. The van der Waals surface area contributed by atoms with E-state index in [9.17, 15) is 9.90 Å². The Labute approximate surface area is 150 Å². The first-order valence-electron chi connectivity index (χ1n) is 10.0. The van der Waals surface area contributed by atoms with Crippen molar-refractivity contribution in [2.24, 2.45) is 5.92 Å². The molecule has 25 heavy (non-hydrogen) atoms. The molecule has 2 N–H and O–H groups in total. The van der Waals surface area contributed by atoms with Crippen LogP contribution in [0, 0.1) is 5.92 Å². The normalized spacial score (nSPS) is 33.2. The number of fused-ring (bicyclic) bond motifs is 1. The lowest BCUT2D eigenvalue weighted by atomic mass is 9.85. The third kappa shape index (κ3) is 3.61. The second kappa shape index (κ2) is 7.46. The molecule has 0 aromatic heterocycles. The first kappa shape index (κ1) is 17.0. The summed E-state index contributed by atoms with van der Waals surface area (Å²) in [5.41, 5.74) is 0.951. The lowest BCUT2D eigenvalue weighted by Crippen LogP contribution is -2.47. The average Bonchev–Trinajstić information content (AvgIpc) is 3.28. The maximum absolute atomic E-state index is 13.1. The van der Waals surface area contributed by atoms with Gasteiger partial charge in [0, 0.05) is 18.6 Å². The van der Waals surface area contributed by atoms with Crippen LogP contribution in [0.2, 0.25) is 0 Å². The molecule has 5 atom stereocenters.